The lowest BCUT2D eigenvalue weighted by molar-refractivity contribution is -0.136. The summed E-state index contributed by atoms with van der Waals surface area (Å²) in [5.41, 5.74) is 1.55. The first kappa shape index (κ1) is 20.3. The van der Waals surface area contributed by atoms with Crippen molar-refractivity contribution in [3.8, 4) is 5.75 Å². The van der Waals surface area contributed by atoms with E-state index in [0.29, 0.717) is 22.3 Å². The smallest absolute Gasteiger partial charge is 0.365 e. The Hall–Kier alpha value is -3.42. The van der Waals surface area contributed by atoms with Crippen molar-refractivity contribution in [2.45, 2.75) is 39.8 Å². The quantitative estimate of drug-likeness (QED) is 0.571. The molecule has 1 amide bonds. The van der Waals surface area contributed by atoms with Crippen molar-refractivity contribution in [1.29, 1.82) is 0 Å². The van der Waals surface area contributed by atoms with Gasteiger partial charge >= 0.3 is 5.97 Å². The van der Waals surface area contributed by atoms with E-state index in [1.165, 1.54) is 0 Å². The lowest BCUT2D eigenvalue weighted by Gasteiger charge is -2.30. The zero-order chi connectivity index (χ0) is 21.0. The van der Waals surface area contributed by atoms with E-state index in [9.17, 15) is 9.59 Å². The highest BCUT2D eigenvalue weighted by Crippen LogP contribution is 2.14. The Morgan fingerprint density at radius 3 is 2.31 bits per heavy atom. The Balaban J connectivity index is 1.61. The van der Waals surface area contributed by atoms with E-state index >= 15 is 0 Å². The van der Waals surface area contributed by atoms with Crippen molar-refractivity contribution in [1.82, 2.24) is 20.1 Å². The highest BCUT2D eigenvalue weighted by atomic mass is 16.7. The molecule has 0 unspecified atom stereocenters. The molecule has 0 aliphatic rings. The number of hydrogen-bond acceptors (Lipinski definition) is 6. The van der Waals surface area contributed by atoms with Gasteiger partial charge in [0, 0.05) is 12.1 Å². The molecule has 0 aliphatic heterocycles. The first-order valence-electron chi connectivity index (χ1n) is 9.44. The number of carbonyl (C=O) groups is 2. The van der Waals surface area contributed by atoms with Crippen molar-refractivity contribution in [3.63, 3.8) is 0 Å². The van der Waals surface area contributed by atoms with Crippen LogP contribution in [-0.2, 0) is 4.79 Å². The fourth-order valence-corrected chi connectivity index (χ4v) is 3.13. The van der Waals surface area contributed by atoms with Crippen molar-refractivity contribution in [3.05, 3.63) is 54.1 Å². The van der Waals surface area contributed by atoms with Gasteiger partial charge in [-0.05, 0) is 69.3 Å². The second kappa shape index (κ2) is 8.72. The number of amides is 1. The van der Waals surface area contributed by atoms with E-state index in [2.05, 4.69) is 10.3 Å². The molecule has 0 radical (unpaired) electrons. The lowest BCUT2D eigenvalue weighted by Crippen LogP contribution is -2.44. The fourth-order valence-electron chi connectivity index (χ4n) is 3.13. The van der Waals surface area contributed by atoms with Gasteiger partial charge in [-0.1, -0.05) is 17.0 Å². The summed E-state index contributed by atoms with van der Waals surface area (Å²) in [6, 6.07) is 13.8. The molecule has 29 heavy (non-hydrogen) atoms. The number of hydrogen-bond donors (Lipinski definition) is 0. The van der Waals surface area contributed by atoms with Crippen LogP contribution in [0.15, 0.2) is 48.5 Å². The van der Waals surface area contributed by atoms with Crippen LogP contribution in [0.4, 0.5) is 0 Å². The van der Waals surface area contributed by atoms with Crippen LogP contribution in [0.5, 0.6) is 5.75 Å². The molecule has 3 aromatic rings. The number of benzene rings is 2. The molecule has 0 N–H and O–H groups in total. The van der Waals surface area contributed by atoms with Crippen LogP contribution in [0.2, 0.25) is 0 Å². The Bertz CT molecular complexity index is 987. The molecule has 0 fully saturated rings. The summed E-state index contributed by atoms with van der Waals surface area (Å²) in [5.74, 6) is -0.167. The van der Waals surface area contributed by atoms with Crippen LogP contribution in [0.1, 0.15) is 38.1 Å². The van der Waals surface area contributed by atoms with Gasteiger partial charge in [0.1, 0.15) is 16.8 Å². The maximum absolute atomic E-state index is 12.4. The van der Waals surface area contributed by atoms with Crippen LogP contribution < -0.4 is 9.57 Å². The molecule has 8 heteroatoms. The lowest BCUT2D eigenvalue weighted by atomic mass is 10.2. The zero-order valence-electron chi connectivity index (χ0n) is 16.9. The minimum atomic E-state index is -0.575. The summed E-state index contributed by atoms with van der Waals surface area (Å²) in [7, 11) is 0. The third-order valence-electron chi connectivity index (χ3n) is 4.34. The molecule has 0 atom stereocenters. The molecule has 0 spiro atoms. The average Bonchev–Trinajstić information content (AvgIpc) is 3.09. The molecular formula is C21H24N4O4. The topological polar surface area (TPSA) is 86.5 Å². The van der Waals surface area contributed by atoms with Gasteiger partial charge in [-0.2, -0.15) is 0 Å². The summed E-state index contributed by atoms with van der Waals surface area (Å²) in [4.78, 5) is 32.9. The molecule has 0 saturated heterocycles. The number of rotatable bonds is 7. The molecule has 0 saturated carbocycles. The van der Waals surface area contributed by atoms with Crippen molar-refractivity contribution in [2.24, 2.45) is 0 Å². The Labute approximate surface area is 169 Å². The first-order chi connectivity index (χ1) is 13.9. The number of para-hydroxylation sites is 1. The molecule has 1 aromatic heterocycles. The van der Waals surface area contributed by atoms with Gasteiger partial charge in [-0.25, -0.2) is 4.79 Å². The van der Waals surface area contributed by atoms with E-state index in [4.69, 9.17) is 9.57 Å². The van der Waals surface area contributed by atoms with Crippen LogP contribution in [0.25, 0.3) is 11.0 Å². The van der Waals surface area contributed by atoms with Gasteiger partial charge in [-0.3, -0.25) is 4.79 Å². The van der Waals surface area contributed by atoms with Crippen LogP contribution in [0, 0.1) is 0 Å². The third kappa shape index (κ3) is 4.71. The average molecular weight is 396 g/mol. The minimum Gasteiger partial charge on any atom is -0.484 e. The predicted octanol–water partition coefficient (Wildman–Crippen LogP) is 2.72. The van der Waals surface area contributed by atoms with E-state index in [0.717, 1.165) is 4.85 Å². The molecule has 0 aliphatic carbocycles. The normalized spacial score (nSPS) is 11.1. The van der Waals surface area contributed by atoms with E-state index in [1.54, 1.807) is 41.3 Å². The zero-order valence-corrected chi connectivity index (χ0v) is 16.9. The SMILES string of the molecule is CC(C)N(C(=O)COc1ccc(C(=O)On2nnc3ccccc32)cc1)C(C)C. The fraction of sp³-hybridized carbons (Fsp3) is 0.333. The Kier molecular flexibility index (Phi) is 6.11. The maximum atomic E-state index is 12.4. The third-order valence-corrected chi connectivity index (χ3v) is 4.34. The monoisotopic (exact) mass is 396 g/mol. The number of ether oxygens (including phenoxy) is 1. The number of nitrogens with zero attached hydrogens (tertiary/aromatic N) is 4. The molecule has 0 bridgehead atoms. The molecule has 2 aromatic carbocycles. The first-order valence-corrected chi connectivity index (χ1v) is 9.44. The number of carbonyl (C=O) groups excluding carboxylic acids is 2. The second-order valence-electron chi connectivity index (χ2n) is 7.13. The van der Waals surface area contributed by atoms with Crippen molar-refractivity contribution in [2.75, 3.05) is 6.61 Å². The van der Waals surface area contributed by atoms with Gasteiger partial charge in [0.25, 0.3) is 5.91 Å². The predicted molar refractivity (Wildman–Crippen MR) is 107 cm³/mol. The van der Waals surface area contributed by atoms with Crippen LogP contribution >= 0.6 is 0 Å². The molecule has 152 valence electrons. The van der Waals surface area contributed by atoms with Crippen LogP contribution in [0.3, 0.4) is 0 Å². The van der Waals surface area contributed by atoms with Crippen molar-refractivity contribution >= 4 is 22.9 Å². The molecule has 3 rings (SSSR count). The largest absolute Gasteiger partial charge is 0.484 e. The summed E-state index contributed by atoms with van der Waals surface area (Å²) < 4.78 is 5.58. The van der Waals surface area contributed by atoms with Gasteiger partial charge in [0.05, 0.1) is 5.56 Å². The summed E-state index contributed by atoms with van der Waals surface area (Å²) in [6.45, 7) is 7.81. The molecule has 1 heterocycles. The summed E-state index contributed by atoms with van der Waals surface area (Å²) >= 11 is 0. The number of fused-ring (bicyclic) bond motifs is 1. The Morgan fingerprint density at radius 2 is 1.66 bits per heavy atom. The van der Waals surface area contributed by atoms with Crippen molar-refractivity contribution < 1.29 is 19.2 Å². The van der Waals surface area contributed by atoms with Gasteiger partial charge < -0.3 is 14.5 Å². The molecule has 8 nitrogen and oxygen atoms in total. The van der Waals surface area contributed by atoms with Gasteiger partial charge in [0.15, 0.2) is 6.61 Å². The standard InChI is InChI=1S/C21H24N4O4/c1-14(2)24(15(3)4)20(26)13-28-17-11-9-16(10-12-17)21(27)29-25-19-8-6-5-7-18(19)22-23-25/h5-12,14-15H,13H2,1-4H3. The highest BCUT2D eigenvalue weighted by Gasteiger charge is 2.20. The highest BCUT2D eigenvalue weighted by molar-refractivity contribution is 5.90. The Morgan fingerprint density at radius 1 is 1.00 bits per heavy atom. The van der Waals surface area contributed by atoms with Crippen LogP contribution in [-0.4, -0.2) is 50.6 Å². The number of aromatic nitrogens is 3. The van der Waals surface area contributed by atoms with E-state index < -0.39 is 5.97 Å². The van der Waals surface area contributed by atoms with Gasteiger partial charge in [-0.15, -0.1) is 5.10 Å². The maximum Gasteiger partial charge on any atom is 0.365 e. The van der Waals surface area contributed by atoms with E-state index in [1.807, 2.05) is 39.8 Å². The summed E-state index contributed by atoms with van der Waals surface area (Å²) in [6.07, 6.45) is 0. The van der Waals surface area contributed by atoms with E-state index in [-0.39, 0.29) is 24.6 Å². The second-order valence-corrected chi connectivity index (χ2v) is 7.13. The van der Waals surface area contributed by atoms with Gasteiger partial charge in [0.2, 0.25) is 0 Å². The minimum absolute atomic E-state index is 0.0644. The molecular weight excluding hydrogens is 372 g/mol. The summed E-state index contributed by atoms with van der Waals surface area (Å²) in [5, 5.41) is 7.77.